The van der Waals surface area contributed by atoms with E-state index in [0.29, 0.717) is 22.8 Å². The summed E-state index contributed by atoms with van der Waals surface area (Å²) in [4.78, 5) is 12.8. The normalized spacial score (nSPS) is 16.4. The molecule has 1 heterocycles. The Balaban J connectivity index is 2.37. The van der Waals surface area contributed by atoms with Gasteiger partial charge < -0.3 is 13.9 Å². The number of benzene rings is 1. The molecule has 0 amide bonds. The van der Waals surface area contributed by atoms with Gasteiger partial charge in [0.05, 0.1) is 26.0 Å². The van der Waals surface area contributed by atoms with E-state index in [1.165, 1.54) is 0 Å². The molecule has 1 aromatic carbocycles. The summed E-state index contributed by atoms with van der Waals surface area (Å²) < 4.78 is 16.3. The van der Waals surface area contributed by atoms with E-state index in [-0.39, 0.29) is 11.7 Å². The van der Waals surface area contributed by atoms with E-state index in [0.717, 1.165) is 22.3 Å². The number of carbonyl (C=O) groups is 1. The van der Waals surface area contributed by atoms with Gasteiger partial charge in [0.2, 0.25) is 5.78 Å². The van der Waals surface area contributed by atoms with Crippen LogP contribution in [0.3, 0.4) is 0 Å². The molecule has 0 bridgehead atoms. The Hall–Kier alpha value is -2.23. The lowest BCUT2D eigenvalue weighted by Gasteiger charge is -2.26. The zero-order valence-electron chi connectivity index (χ0n) is 12.9. The smallest absolute Gasteiger partial charge is 0.232 e. The Morgan fingerprint density at radius 2 is 1.81 bits per heavy atom. The van der Waals surface area contributed by atoms with Crippen LogP contribution in [0.4, 0.5) is 0 Å². The van der Waals surface area contributed by atoms with E-state index in [1.54, 1.807) is 20.5 Å². The van der Waals surface area contributed by atoms with E-state index in [2.05, 4.69) is 6.92 Å². The average molecular weight is 286 g/mol. The van der Waals surface area contributed by atoms with E-state index in [1.807, 2.05) is 19.9 Å². The molecule has 0 saturated heterocycles. The zero-order chi connectivity index (χ0) is 15.3. The number of methoxy groups -OCH3 is 2. The molecule has 1 unspecified atom stereocenters. The SMILES string of the molecule is COc1cc(C)c2c(c1OC)C(=O)c1occ(C)c1C2C. The van der Waals surface area contributed by atoms with Crippen molar-refractivity contribution in [2.24, 2.45) is 0 Å². The molecule has 0 radical (unpaired) electrons. The third-order valence-corrected chi connectivity index (χ3v) is 4.24. The van der Waals surface area contributed by atoms with Crippen LogP contribution in [0.15, 0.2) is 16.7 Å². The van der Waals surface area contributed by atoms with Crippen LogP contribution in [0.2, 0.25) is 0 Å². The van der Waals surface area contributed by atoms with Crippen molar-refractivity contribution in [3.05, 3.63) is 45.9 Å². The minimum absolute atomic E-state index is 0.0891. The highest BCUT2D eigenvalue weighted by molar-refractivity contribution is 6.13. The number of ether oxygens (including phenoxy) is 2. The second-order valence-corrected chi connectivity index (χ2v) is 5.43. The van der Waals surface area contributed by atoms with Crippen LogP contribution in [0.1, 0.15) is 51.2 Å². The number of ketones is 1. The van der Waals surface area contributed by atoms with Crippen LogP contribution < -0.4 is 9.47 Å². The summed E-state index contributed by atoms with van der Waals surface area (Å²) in [5.74, 6) is 1.42. The Kier molecular flexibility index (Phi) is 3.04. The second kappa shape index (κ2) is 4.65. The number of rotatable bonds is 2. The number of hydrogen-bond acceptors (Lipinski definition) is 4. The van der Waals surface area contributed by atoms with Gasteiger partial charge in [0, 0.05) is 11.5 Å². The van der Waals surface area contributed by atoms with E-state index in [4.69, 9.17) is 13.9 Å². The molecule has 0 fully saturated rings. The van der Waals surface area contributed by atoms with Crippen molar-refractivity contribution in [2.75, 3.05) is 14.2 Å². The fourth-order valence-electron chi connectivity index (χ4n) is 3.35. The lowest BCUT2D eigenvalue weighted by atomic mass is 9.78. The third kappa shape index (κ3) is 1.71. The standard InChI is InChI=1S/C17H18O4/c1-8-6-11(19-4)16(20-5)14-12(8)10(3)13-9(2)7-21-17(13)15(14)18/h6-7,10H,1-5H3. The molecule has 1 aromatic heterocycles. The maximum absolute atomic E-state index is 12.8. The van der Waals surface area contributed by atoms with Crippen molar-refractivity contribution in [2.45, 2.75) is 26.7 Å². The molecule has 1 atom stereocenters. The fourth-order valence-corrected chi connectivity index (χ4v) is 3.35. The summed E-state index contributed by atoms with van der Waals surface area (Å²) in [7, 11) is 3.12. The van der Waals surface area contributed by atoms with E-state index in [9.17, 15) is 4.79 Å². The fraction of sp³-hybridized carbons (Fsp3) is 0.353. The zero-order valence-corrected chi connectivity index (χ0v) is 12.9. The van der Waals surface area contributed by atoms with Gasteiger partial charge in [-0.2, -0.15) is 0 Å². The Bertz CT molecular complexity index is 740. The number of aryl methyl sites for hydroxylation is 2. The summed E-state index contributed by atoms with van der Waals surface area (Å²) in [6.07, 6.45) is 1.64. The first-order valence-electron chi connectivity index (χ1n) is 6.89. The molecule has 0 saturated carbocycles. The molecule has 4 nitrogen and oxygen atoms in total. The minimum Gasteiger partial charge on any atom is -0.493 e. The average Bonchev–Trinajstić information content (AvgIpc) is 2.86. The summed E-state index contributed by atoms with van der Waals surface area (Å²) in [6, 6.07) is 1.92. The quantitative estimate of drug-likeness (QED) is 0.846. The number of hydrogen-bond donors (Lipinski definition) is 0. The molecule has 0 N–H and O–H groups in total. The van der Waals surface area contributed by atoms with E-state index < -0.39 is 0 Å². The second-order valence-electron chi connectivity index (χ2n) is 5.43. The van der Waals surface area contributed by atoms with Crippen LogP contribution in [-0.4, -0.2) is 20.0 Å². The molecule has 4 heteroatoms. The first-order chi connectivity index (χ1) is 10.0. The maximum atomic E-state index is 12.8. The van der Waals surface area contributed by atoms with Crippen molar-refractivity contribution in [3.8, 4) is 11.5 Å². The van der Waals surface area contributed by atoms with Crippen LogP contribution >= 0.6 is 0 Å². The molecule has 2 aromatic rings. The maximum Gasteiger partial charge on any atom is 0.232 e. The topological polar surface area (TPSA) is 48.7 Å². The van der Waals surface area contributed by atoms with Crippen LogP contribution in [0.5, 0.6) is 11.5 Å². The van der Waals surface area contributed by atoms with Gasteiger partial charge in [-0.15, -0.1) is 0 Å². The third-order valence-electron chi connectivity index (χ3n) is 4.24. The molecule has 110 valence electrons. The van der Waals surface area contributed by atoms with Crippen molar-refractivity contribution >= 4 is 5.78 Å². The summed E-state index contributed by atoms with van der Waals surface area (Å²) in [5, 5.41) is 0. The first-order valence-corrected chi connectivity index (χ1v) is 6.89. The Morgan fingerprint density at radius 1 is 1.10 bits per heavy atom. The Morgan fingerprint density at radius 3 is 2.43 bits per heavy atom. The number of fused-ring (bicyclic) bond motifs is 2. The highest BCUT2D eigenvalue weighted by atomic mass is 16.5. The van der Waals surface area contributed by atoms with Crippen molar-refractivity contribution in [1.29, 1.82) is 0 Å². The van der Waals surface area contributed by atoms with E-state index >= 15 is 0 Å². The summed E-state index contributed by atoms with van der Waals surface area (Å²) in [5.41, 5.74) is 4.56. The Labute approximate surface area is 123 Å². The van der Waals surface area contributed by atoms with Crippen LogP contribution in [0, 0.1) is 13.8 Å². The molecule has 1 aliphatic rings. The number of carbonyl (C=O) groups excluding carboxylic acids is 1. The van der Waals surface area contributed by atoms with Crippen LogP contribution in [0.25, 0.3) is 0 Å². The molecule has 0 spiro atoms. The highest BCUT2D eigenvalue weighted by Gasteiger charge is 2.37. The summed E-state index contributed by atoms with van der Waals surface area (Å²) in [6.45, 7) is 6.05. The van der Waals surface area contributed by atoms with Gasteiger partial charge >= 0.3 is 0 Å². The van der Waals surface area contributed by atoms with Gasteiger partial charge in [0.15, 0.2) is 17.3 Å². The molecule has 3 rings (SSSR count). The van der Waals surface area contributed by atoms with Gasteiger partial charge in [-0.1, -0.05) is 6.92 Å². The lowest BCUT2D eigenvalue weighted by molar-refractivity contribution is 0.0999. The van der Waals surface area contributed by atoms with Crippen molar-refractivity contribution in [3.63, 3.8) is 0 Å². The minimum atomic E-state index is -0.134. The molecule has 1 aliphatic carbocycles. The predicted molar refractivity (Wildman–Crippen MR) is 78.7 cm³/mol. The van der Waals surface area contributed by atoms with Crippen LogP contribution in [-0.2, 0) is 0 Å². The van der Waals surface area contributed by atoms with Crippen molar-refractivity contribution < 1.29 is 18.7 Å². The molecular formula is C17H18O4. The largest absolute Gasteiger partial charge is 0.493 e. The predicted octanol–water partition coefficient (Wildman–Crippen LogP) is 3.61. The summed E-state index contributed by atoms with van der Waals surface area (Å²) >= 11 is 0. The van der Waals surface area contributed by atoms with Gasteiger partial charge in [0.25, 0.3) is 0 Å². The highest BCUT2D eigenvalue weighted by Crippen LogP contribution is 2.47. The number of furan rings is 1. The van der Waals surface area contributed by atoms with Gasteiger partial charge in [-0.25, -0.2) is 0 Å². The molecular weight excluding hydrogens is 268 g/mol. The van der Waals surface area contributed by atoms with Gasteiger partial charge in [0.1, 0.15) is 0 Å². The first kappa shape index (κ1) is 13.7. The molecule has 0 aliphatic heterocycles. The lowest BCUT2D eigenvalue weighted by Crippen LogP contribution is -2.20. The molecule has 21 heavy (non-hydrogen) atoms. The van der Waals surface area contributed by atoms with Gasteiger partial charge in [-0.3, -0.25) is 4.79 Å². The van der Waals surface area contributed by atoms with Gasteiger partial charge in [-0.05, 0) is 36.6 Å². The van der Waals surface area contributed by atoms with Crippen molar-refractivity contribution in [1.82, 2.24) is 0 Å². The monoisotopic (exact) mass is 286 g/mol.